The van der Waals surface area contributed by atoms with Gasteiger partial charge in [0.15, 0.2) is 5.78 Å². The lowest BCUT2D eigenvalue weighted by Crippen LogP contribution is -2.45. The first-order chi connectivity index (χ1) is 19.0. The molecule has 2 fully saturated rings. The molecule has 6 heteroatoms. The summed E-state index contributed by atoms with van der Waals surface area (Å²) in [4.78, 5) is 30.4. The van der Waals surface area contributed by atoms with Crippen LogP contribution in [0.2, 0.25) is 0 Å². The highest BCUT2D eigenvalue weighted by Gasteiger charge is 2.39. The van der Waals surface area contributed by atoms with Crippen LogP contribution in [0.25, 0.3) is 0 Å². The Morgan fingerprint density at radius 1 is 1.20 bits per heavy atom. The van der Waals surface area contributed by atoms with Crippen molar-refractivity contribution in [3.05, 3.63) is 47.7 Å². The van der Waals surface area contributed by atoms with Crippen LogP contribution in [0.3, 0.4) is 0 Å². The van der Waals surface area contributed by atoms with Crippen molar-refractivity contribution in [3.8, 4) is 0 Å². The molecule has 2 unspecified atom stereocenters. The fourth-order valence-corrected chi connectivity index (χ4v) is 5.41. The Bertz CT molecular complexity index is 937. The van der Waals surface area contributed by atoms with E-state index in [-0.39, 0.29) is 29.9 Å². The summed E-state index contributed by atoms with van der Waals surface area (Å²) < 4.78 is 15.5. The second kappa shape index (κ2) is 18.8. The summed E-state index contributed by atoms with van der Waals surface area (Å²) >= 11 is 0. The number of halogens is 1. The number of nitrogens with zero attached hydrogens (tertiary/aromatic N) is 2. The van der Waals surface area contributed by atoms with Gasteiger partial charge in [-0.1, -0.05) is 90.2 Å². The Kier molecular flexibility index (Phi) is 16.7. The van der Waals surface area contributed by atoms with Crippen LogP contribution in [-0.2, 0) is 9.59 Å². The fraction of sp³-hybridized carbons (Fsp3) is 0.676. The lowest BCUT2D eigenvalue weighted by atomic mass is 9.78. The predicted octanol–water partition coefficient (Wildman–Crippen LogP) is 8.07. The zero-order chi connectivity index (χ0) is 30.1. The van der Waals surface area contributed by atoms with Crippen molar-refractivity contribution in [3.63, 3.8) is 0 Å². The first-order valence-electron chi connectivity index (χ1n) is 15.5. The van der Waals surface area contributed by atoms with Crippen LogP contribution in [0, 0.1) is 11.8 Å². The average molecular weight is 558 g/mol. The maximum atomic E-state index is 15.5. The monoisotopic (exact) mass is 557 g/mol. The Balaban J connectivity index is 0.000000680. The molecule has 40 heavy (non-hydrogen) atoms. The summed E-state index contributed by atoms with van der Waals surface area (Å²) in [6.07, 6.45) is 19.0. The maximum absolute atomic E-state index is 15.5. The molecule has 1 aliphatic carbocycles. The number of allylic oxidation sites excluding steroid dienone is 7. The van der Waals surface area contributed by atoms with Crippen LogP contribution >= 0.6 is 0 Å². The molecule has 2 rings (SSSR count). The zero-order valence-electron chi connectivity index (χ0n) is 26.2. The molecule has 1 amide bonds. The summed E-state index contributed by atoms with van der Waals surface area (Å²) in [5, 5.41) is 0. The Morgan fingerprint density at radius 2 is 1.88 bits per heavy atom. The second-order valence-corrected chi connectivity index (χ2v) is 11.5. The molecule has 2 N–H and O–H groups in total. The third-order valence-electron chi connectivity index (χ3n) is 8.45. The van der Waals surface area contributed by atoms with Gasteiger partial charge in [0, 0.05) is 31.6 Å². The van der Waals surface area contributed by atoms with Crippen molar-refractivity contribution < 1.29 is 14.0 Å². The van der Waals surface area contributed by atoms with Crippen LogP contribution in [0.5, 0.6) is 0 Å². The highest BCUT2D eigenvalue weighted by atomic mass is 19.1. The molecule has 1 saturated heterocycles. The van der Waals surface area contributed by atoms with Gasteiger partial charge >= 0.3 is 0 Å². The Labute approximate surface area is 244 Å². The Hall–Kier alpha value is -2.50. The van der Waals surface area contributed by atoms with Gasteiger partial charge < -0.3 is 10.6 Å². The summed E-state index contributed by atoms with van der Waals surface area (Å²) in [6, 6.07) is 0. The van der Waals surface area contributed by atoms with E-state index in [4.69, 9.17) is 5.73 Å². The second-order valence-electron chi connectivity index (χ2n) is 11.5. The summed E-state index contributed by atoms with van der Waals surface area (Å²) in [5.41, 5.74) is 6.90. The van der Waals surface area contributed by atoms with Crippen molar-refractivity contribution in [1.29, 1.82) is 0 Å². The molecule has 1 saturated carbocycles. The largest absolute Gasteiger partial charge is 0.396 e. The zero-order valence-corrected chi connectivity index (χ0v) is 26.2. The first-order valence-corrected chi connectivity index (χ1v) is 15.5. The van der Waals surface area contributed by atoms with Gasteiger partial charge in [-0.05, 0) is 63.0 Å². The van der Waals surface area contributed by atoms with Gasteiger partial charge in [0.25, 0.3) is 0 Å². The number of carbonyl (C=O) groups excluding carboxylic acids is 2. The van der Waals surface area contributed by atoms with E-state index < -0.39 is 5.67 Å². The molecule has 0 spiro atoms. The highest BCUT2D eigenvalue weighted by molar-refractivity contribution is 6.09. The predicted molar refractivity (Wildman–Crippen MR) is 168 cm³/mol. The van der Waals surface area contributed by atoms with Crippen molar-refractivity contribution in [2.75, 3.05) is 19.6 Å². The minimum absolute atomic E-state index is 0.0454. The lowest BCUT2D eigenvalue weighted by molar-refractivity contribution is -0.131. The first kappa shape index (κ1) is 35.5. The van der Waals surface area contributed by atoms with Crippen LogP contribution in [-0.4, -0.2) is 47.6 Å². The number of unbranched alkanes of at least 4 members (excludes halogenated alkanes) is 3. The number of hydrogen-bond acceptors (Lipinski definition) is 4. The molecule has 0 bridgehead atoms. The highest BCUT2D eigenvalue weighted by Crippen LogP contribution is 2.37. The smallest absolute Gasteiger partial charge is 0.244 e. The number of piperidine rings is 1. The number of hydrogen-bond donors (Lipinski definition) is 1. The number of nitrogens with two attached hydrogens (primary N) is 1. The number of Topliss-reactive ketones (excluding diaryl/α,β-unsaturated/α-hetero) is 1. The standard InChI is InChI=1S/C24H34FN3O2.C10H22/c1-5-7-9-18(6-2)24(4,25)19-12-14-28(15-13-19)22(30)16-27-21-11-8-10-20(21)23(26)17(3)29;1-4-6-7-8-9-10(3)5-2/h5-7,9,19H,1,8,10-16,26H2,2-4H3;10H,4-9H2,1-3H3/b9-7-,18-6+,23-20-,27-21?;. The van der Waals surface area contributed by atoms with E-state index in [2.05, 4.69) is 32.3 Å². The van der Waals surface area contributed by atoms with Gasteiger partial charge in [0.1, 0.15) is 12.2 Å². The third kappa shape index (κ3) is 11.5. The maximum Gasteiger partial charge on any atom is 0.244 e. The lowest BCUT2D eigenvalue weighted by Gasteiger charge is -2.38. The number of likely N-dealkylation sites (tertiary alicyclic amines) is 1. The van der Waals surface area contributed by atoms with Crippen LogP contribution in [0.15, 0.2) is 52.7 Å². The summed E-state index contributed by atoms with van der Waals surface area (Å²) in [7, 11) is 0. The number of ketones is 1. The van der Waals surface area contributed by atoms with Crippen molar-refractivity contribution in [1.82, 2.24) is 4.90 Å². The summed E-state index contributed by atoms with van der Waals surface area (Å²) in [5.74, 6) is 0.586. The van der Waals surface area contributed by atoms with E-state index in [0.29, 0.717) is 31.5 Å². The molecular weight excluding hydrogens is 501 g/mol. The summed E-state index contributed by atoms with van der Waals surface area (Å²) in [6.45, 7) is 16.5. The van der Waals surface area contributed by atoms with E-state index in [1.165, 1.54) is 45.4 Å². The van der Waals surface area contributed by atoms with Gasteiger partial charge in [-0.3, -0.25) is 14.6 Å². The van der Waals surface area contributed by atoms with E-state index >= 15 is 4.39 Å². The van der Waals surface area contributed by atoms with Crippen LogP contribution < -0.4 is 5.73 Å². The quantitative estimate of drug-likeness (QED) is 0.141. The molecule has 0 radical (unpaired) electrons. The minimum Gasteiger partial charge on any atom is -0.396 e. The molecular formula is C34H56FN3O2. The van der Waals surface area contributed by atoms with Gasteiger partial charge in [-0.25, -0.2) is 4.39 Å². The minimum atomic E-state index is -1.45. The topological polar surface area (TPSA) is 75.8 Å². The molecule has 0 aromatic carbocycles. The number of aliphatic imine (C=N–C) groups is 1. The van der Waals surface area contributed by atoms with Gasteiger partial charge in [0.2, 0.25) is 5.91 Å². The molecule has 1 aliphatic heterocycles. The number of carbonyl (C=O) groups is 2. The number of alkyl halides is 1. The Morgan fingerprint density at radius 3 is 2.42 bits per heavy atom. The van der Waals surface area contributed by atoms with Crippen molar-refractivity contribution in [2.45, 2.75) is 118 Å². The van der Waals surface area contributed by atoms with Gasteiger partial charge in [0.05, 0.1) is 5.70 Å². The molecule has 0 aromatic heterocycles. The molecule has 226 valence electrons. The molecule has 2 atom stereocenters. The van der Waals surface area contributed by atoms with Crippen molar-refractivity contribution in [2.24, 2.45) is 22.6 Å². The van der Waals surface area contributed by atoms with E-state index in [9.17, 15) is 9.59 Å². The van der Waals surface area contributed by atoms with E-state index in [1.807, 2.05) is 6.92 Å². The molecule has 1 heterocycles. The molecule has 5 nitrogen and oxygen atoms in total. The van der Waals surface area contributed by atoms with E-state index in [1.54, 1.807) is 36.1 Å². The molecule has 0 aromatic rings. The third-order valence-corrected chi connectivity index (χ3v) is 8.45. The van der Waals surface area contributed by atoms with Gasteiger partial charge in [-0.15, -0.1) is 0 Å². The van der Waals surface area contributed by atoms with Gasteiger partial charge in [-0.2, -0.15) is 0 Å². The fourth-order valence-electron chi connectivity index (χ4n) is 5.41. The van der Waals surface area contributed by atoms with Crippen LogP contribution in [0.4, 0.5) is 4.39 Å². The average Bonchev–Trinajstić information content (AvgIpc) is 3.42. The molecule has 2 aliphatic rings. The number of amides is 1. The van der Waals surface area contributed by atoms with E-state index in [0.717, 1.165) is 36.5 Å². The van der Waals surface area contributed by atoms with Crippen LogP contribution in [0.1, 0.15) is 112 Å². The van der Waals surface area contributed by atoms with Crippen molar-refractivity contribution >= 4 is 17.4 Å². The number of rotatable bonds is 13. The SMILES string of the molecule is C=C/C=C\C(=C/C)C(C)(F)C1CCN(C(=O)CN=C2CCC/C2=C(/N)C(C)=O)CC1.CCCCCCC(C)CC. The normalized spacial score (nSPS) is 21.1.